The van der Waals surface area contributed by atoms with Gasteiger partial charge in [-0.1, -0.05) is 0 Å². The molecule has 0 aliphatic heterocycles. The number of nitrogens with zero attached hydrogens (tertiary/aromatic N) is 1. The van der Waals surface area contributed by atoms with Gasteiger partial charge in [-0.2, -0.15) is 0 Å². The molecule has 2 unspecified atom stereocenters. The molecule has 1 saturated carbocycles. The number of anilines is 1. The van der Waals surface area contributed by atoms with Crippen LogP contribution in [0.5, 0.6) is 0 Å². The van der Waals surface area contributed by atoms with Crippen molar-refractivity contribution in [3.05, 3.63) is 18.5 Å². The highest BCUT2D eigenvalue weighted by atomic mass is 16.4. The third-order valence-corrected chi connectivity index (χ3v) is 2.56. The molecule has 2 rings (SSSR count). The molecule has 0 radical (unpaired) electrons. The number of nitrogens with one attached hydrogen (secondary N) is 1. The van der Waals surface area contributed by atoms with E-state index in [0.29, 0.717) is 0 Å². The molecule has 0 aromatic carbocycles. The zero-order valence-corrected chi connectivity index (χ0v) is 7.40. The van der Waals surface area contributed by atoms with Gasteiger partial charge in [0.25, 0.3) is 0 Å². The van der Waals surface area contributed by atoms with Gasteiger partial charge in [-0.3, -0.25) is 4.79 Å². The van der Waals surface area contributed by atoms with Crippen molar-refractivity contribution in [2.75, 3.05) is 11.9 Å². The van der Waals surface area contributed by atoms with E-state index in [0.717, 1.165) is 12.1 Å². The molecule has 70 valence electrons. The Labute approximate surface area is 76.2 Å². The van der Waals surface area contributed by atoms with Crippen LogP contribution in [-0.4, -0.2) is 29.1 Å². The number of aromatic nitrogens is 1. The van der Waals surface area contributed by atoms with Crippen LogP contribution in [0.15, 0.2) is 18.5 Å². The highest BCUT2D eigenvalue weighted by molar-refractivity contribution is 5.75. The third kappa shape index (κ3) is 1.39. The van der Waals surface area contributed by atoms with Gasteiger partial charge in [0, 0.05) is 25.5 Å². The summed E-state index contributed by atoms with van der Waals surface area (Å²) in [5.41, 5.74) is 1.05. The van der Waals surface area contributed by atoms with Crippen molar-refractivity contribution in [3.63, 3.8) is 0 Å². The van der Waals surface area contributed by atoms with Crippen LogP contribution in [0.4, 0.5) is 5.69 Å². The van der Waals surface area contributed by atoms with Crippen LogP contribution in [-0.2, 0) is 4.79 Å². The Bertz CT molecular complexity index is 307. The van der Waals surface area contributed by atoms with E-state index in [9.17, 15) is 4.79 Å². The Morgan fingerprint density at radius 2 is 2.54 bits per heavy atom. The van der Waals surface area contributed by atoms with E-state index in [2.05, 4.69) is 4.98 Å². The lowest BCUT2D eigenvalue weighted by Gasteiger charge is -2.16. The second-order valence-electron chi connectivity index (χ2n) is 3.43. The zero-order chi connectivity index (χ0) is 9.42. The summed E-state index contributed by atoms with van der Waals surface area (Å²) in [5.74, 6) is -0.868. The van der Waals surface area contributed by atoms with Crippen molar-refractivity contribution >= 4 is 11.7 Å². The van der Waals surface area contributed by atoms with Gasteiger partial charge in [0.2, 0.25) is 0 Å². The number of hydrogen-bond donors (Lipinski definition) is 2. The van der Waals surface area contributed by atoms with Gasteiger partial charge >= 0.3 is 5.97 Å². The fraction of sp³-hybridized carbons (Fsp3) is 0.444. The molecule has 2 N–H and O–H groups in total. The first-order valence-corrected chi connectivity index (χ1v) is 4.28. The second-order valence-corrected chi connectivity index (χ2v) is 3.43. The minimum Gasteiger partial charge on any atom is -0.481 e. The van der Waals surface area contributed by atoms with E-state index in [1.54, 1.807) is 0 Å². The summed E-state index contributed by atoms with van der Waals surface area (Å²) >= 11 is 0. The molecular formula is C9H12N2O2. The lowest BCUT2D eigenvalue weighted by molar-refractivity contribution is -0.138. The minimum absolute atomic E-state index is 0.174. The van der Waals surface area contributed by atoms with Crippen LogP contribution in [0.3, 0.4) is 0 Å². The van der Waals surface area contributed by atoms with Crippen molar-refractivity contribution in [3.8, 4) is 0 Å². The summed E-state index contributed by atoms with van der Waals surface area (Å²) in [6, 6.07) is 2.12. The second kappa shape index (κ2) is 2.80. The summed E-state index contributed by atoms with van der Waals surface area (Å²) in [6.07, 6.45) is 4.47. The molecule has 1 fully saturated rings. The molecule has 1 heterocycles. The van der Waals surface area contributed by atoms with Gasteiger partial charge in [-0.25, -0.2) is 0 Å². The molecule has 1 aromatic rings. The Morgan fingerprint density at radius 1 is 1.77 bits per heavy atom. The molecule has 0 spiro atoms. The van der Waals surface area contributed by atoms with E-state index in [1.807, 2.05) is 30.4 Å². The monoisotopic (exact) mass is 180 g/mol. The van der Waals surface area contributed by atoms with Crippen LogP contribution in [0, 0.1) is 5.92 Å². The highest BCUT2D eigenvalue weighted by Gasteiger charge is 2.46. The van der Waals surface area contributed by atoms with Crippen LogP contribution in [0.25, 0.3) is 0 Å². The van der Waals surface area contributed by atoms with Gasteiger partial charge < -0.3 is 15.0 Å². The van der Waals surface area contributed by atoms with E-state index >= 15 is 0 Å². The van der Waals surface area contributed by atoms with Crippen LogP contribution < -0.4 is 4.90 Å². The lowest BCUT2D eigenvalue weighted by Crippen LogP contribution is -2.22. The summed E-state index contributed by atoms with van der Waals surface area (Å²) < 4.78 is 0. The Kier molecular flexibility index (Phi) is 1.76. The van der Waals surface area contributed by atoms with Gasteiger partial charge in [-0.15, -0.1) is 0 Å². The van der Waals surface area contributed by atoms with Crippen molar-refractivity contribution < 1.29 is 9.90 Å². The molecule has 0 saturated heterocycles. The Balaban J connectivity index is 2.01. The van der Waals surface area contributed by atoms with Crippen molar-refractivity contribution in [2.45, 2.75) is 12.5 Å². The maximum absolute atomic E-state index is 10.6. The molecule has 4 heteroatoms. The Hall–Kier alpha value is -1.45. The van der Waals surface area contributed by atoms with Gasteiger partial charge in [0.05, 0.1) is 11.6 Å². The van der Waals surface area contributed by atoms with Crippen molar-refractivity contribution in [1.29, 1.82) is 0 Å². The predicted octanol–water partition coefficient (Wildman–Crippen LogP) is 0.924. The number of H-pyrrole nitrogens is 1. The third-order valence-electron chi connectivity index (χ3n) is 2.56. The summed E-state index contributed by atoms with van der Waals surface area (Å²) in [5, 5.41) is 8.74. The van der Waals surface area contributed by atoms with Crippen LogP contribution in [0.1, 0.15) is 6.42 Å². The molecule has 0 bridgehead atoms. The maximum Gasteiger partial charge on any atom is 0.308 e. The van der Waals surface area contributed by atoms with Crippen LogP contribution in [0.2, 0.25) is 0 Å². The summed E-state index contributed by atoms with van der Waals surface area (Å²) in [6.45, 7) is 0. The van der Waals surface area contributed by atoms with E-state index in [-0.39, 0.29) is 12.0 Å². The smallest absolute Gasteiger partial charge is 0.308 e. The number of aliphatic carboxylic acids is 1. The first kappa shape index (κ1) is 8.16. The lowest BCUT2D eigenvalue weighted by atomic mass is 10.4. The van der Waals surface area contributed by atoms with Gasteiger partial charge in [0.1, 0.15) is 0 Å². The van der Waals surface area contributed by atoms with E-state index < -0.39 is 5.97 Å². The number of carbonyl (C=O) groups is 1. The van der Waals surface area contributed by atoms with E-state index in [1.165, 1.54) is 0 Å². The first-order chi connectivity index (χ1) is 6.20. The molecule has 1 aromatic heterocycles. The topological polar surface area (TPSA) is 56.3 Å². The van der Waals surface area contributed by atoms with Crippen molar-refractivity contribution in [2.24, 2.45) is 5.92 Å². The summed E-state index contributed by atoms with van der Waals surface area (Å²) in [4.78, 5) is 15.6. The number of rotatable bonds is 3. The highest BCUT2D eigenvalue weighted by Crippen LogP contribution is 2.37. The number of hydrogen-bond acceptors (Lipinski definition) is 2. The van der Waals surface area contributed by atoms with Gasteiger partial charge in [0.15, 0.2) is 0 Å². The predicted molar refractivity (Wildman–Crippen MR) is 48.7 cm³/mol. The number of carboxylic acids is 1. The fourth-order valence-corrected chi connectivity index (χ4v) is 1.60. The quantitative estimate of drug-likeness (QED) is 0.727. The average Bonchev–Trinajstić information content (AvgIpc) is 2.72. The number of carboxylic acid groups (broad SMARTS) is 1. The first-order valence-electron chi connectivity index (χ1n) is 4.28. The normalized spacial score (nSPS) is 25.6. The SMILES string of the molecule is CN(c1cc[nH]c1)C1CC1C(=O)O. The standard InChI is InChI=1S/C9H12N2O2/c1-11(6-2-3-10-5-6)8-4-7(8)9(12)13/h2-3,5,7-8,10H,4H2,1H3,(H,12,13). The zero-order valence-electron chi connectivity index (χ0n) is 7.40. The number of aromatic amines is 1. The summed E-state index contributed by atoms with van der Waals surface area (Å²) in [7, 11) is 1.93. The molecular weight excluding hydrogens is 168 g/mol. The Morgan fingerprint density at radius 3 is 3.00 bits per heavy atom. The fourth-order valence-electron chi connectivity index (χ4n) is 1.60. The minimum atomic E-state index is -0.688. The largest absolute Gasteiger partial charge is 0.481 e. The molecule has 4 nitrogen and oxygen atoms in total. The molecule has 2 atom stereocenters. The molecule has 1 aliphatic carbocycles. The molecule has 0 amide bonds. The van der Waals surface area contributed by atoms with Gasteiger partial charge in [-0.05, 0) is 12.5 Å². The molecule has 13 heavy (non-hydrogen) atoms. The van der Waals surface area contributed by atoms with E-state index in [4.69, 9.17) is 5.11 Å². The van der Waals surface area contributed by atoms with Crippen LogP contribution >= 0.6 is 0 Å². The molecule has 1 aliphatic rings. The average molecular weight is 180 g/mol. The maximum atomic E-state index is 10.6. The van der Waals surface area contributed by atoms with Crippen molar-refractivity contribution in [1.82, 2.24) is 4.98 Å².